The maximum Gasteiger partial charge on any atom is 0.244 e. The van der Waals surface area contributed by atoms with Gasteiger partial charge in [-0.15, -0.1) is 0 Å². The second kappa shape index (κ2) is 14.0. The summed E-state index contributed by atoms with van der Waals surface area (Å²) in [7, 11) is -3.83. The monoisotopic (exact) mass is 623 g/mol. The highest BCUT2D eigenvalue weighted by Gasteiger charge is 2.34. The summed E-state index contributed by atoms with van der Waals surface area (Å²) >= 11 is 6.13. The van der Waals surface area contributed by atoms with Gasteiger partial charge in [0.25, 0.3) is 0 Å². The number of carbonyl (C=O) groups is 2. The van der Waals surface area contributed by atoms with Crippen LogP contribution in [0.2, 0.25) is 5.02 Å². The molecule has 1 aliphatic carbocycles. The van der Waals surface area contributed by atoms with Crippen molar-refractivity contribution in [3.05, 3.63) is 101 Å². The first-order valence-corrected chi connectivity index (χ1v) is 17.0. The second-order valence-electron chi connectivity index (χ2n) is 12.4. The minimum atomic E-state index is -3.83. The normalized spacial score (nSPS) is 14.7. The van der Waals surface area contributed by atoms with Gasteiger partial charge in [-0.05, 0) is 59.2 Å². The Morgan fingerprint density at radius 3 is 2.07 bits per heavy atom. The van der Waals surface area contributed by atoms with Crippen molar-refractivity contribution in [2.24, 2.45) is 0 Å². The zero-order chi connectivity index (χ0) is 31.2. The molecule has 230 valence electrons. The summed E-state index contributed by atoms with van der Waals surface area (Å²) in [6.07, 6.45) is 5.30. The Kier molecular flexibility index (Phi) is 10.6. The number of benzene rings is 3. The molecule has 43 heavy (non-hydrogen) atoms. The van der Waals surface area contributed by atoms with Gasteiger partial charge < -0.3 is 10.2 Å². The molecule has 1 aliphatic rings. The van der Waals surface area contributed by atoms with Crippen molar-refractivity contribution in [1.82, 2.24) is 10.2 Å². The van der Waals surface area contributed by atoms with Gasteiger partial charge in [-0.3, -0.25) is 13.9 Å². The van der Waals surface area contributed by atoms with Crippen LogP contribution in [0.1, 0.15) is 63.1 Å². The van der Waals surface area contributed by atoms with E-state index < -0.39 is 28.5 Å². The van der Waals surface area contributed by atoms with Gasteiger partial charge in [0.15, 0.2) is 0 Å². The Balaban J connectivity index is 1.71. The standard InChI is InChI=1S/C34H42ClN3O4S/c1-34(2,3)27-16-20-30(21-17-27)38(43(4,41)42)24-32(39)37(23-26-14-18-28(35)19-15-26)31(22-25-10-6-5-7-11-25)33(40)36-29-12-8-9-13-29/h5-7,10-11,14-21,29,31H,8-9,12-13,22-24H2,1-4H3,(H,36,40). The summed E-state index contributed by atoms with van der Waals surface area (Å²) < 4.78 is 27.2. The molecule has 0 aliphatic heterocycles. The van der Waals surface area contributed by atoms with Crippen molar-refractivity contribution in [2.75, 3.05) is 17.1 Å². The summed E-state index contributed by atoms with van der Waals surface area (Å²) in [5.74, 6) is -0.707. The minimum Gasteiger partial charge on any atom is -0.352 e. The fourth-order valence-electron chi connectivity index (χ4n) is 5.45. The van der Waals surface area contributed by atoms with Crippen molar-refractivity contribution in [1.29, 1.82) is 0 Å². The number of hydrogen-bond donors (Lipinski definition) is 1. The molecule has 1 N–H and O–H groups in total. The summed E-state index contributed by atoms with van der Waals surface area (Å²) in [4.78, 5) is 29.7. The predicted molar refractivity (Wildman–Crippen MR) is 174 cm³/mol. The number of anilines is 1. The third-order valence-electron chi connectivity index (χ3n) is 7.94. The SMILES string of the molecule is CC(C)(C)c1ccc(N(CC(=O)N(Cc2ccc(Cl)cc2)C(Cc2ccccc2)C(=O)NC2CCCC2)S(C)(=O)=O)cc1. The Morgan fingerprint density at radius 1 is 0.907 bits per heavy atom. The Morgan fingerprint density at radius 2 is 1.51 bits per heavy atom. The van der Waals surface area contributed by atoms with Gasteiger partial charge in [-0.25, -0.2) is 8.42 Å². The largest absolute Gasteiger partial charge is 0.352 e. The Labute approximate surface area is 261 Å². The van der Waals surface area contributed by atoms with Crippen LogP contribution in [0.4, 0.5) is 5.69 Å². The average molecular weight is 624 g/mol. The van der Waals surface area contributed by atoms with Crippen LogP contribution in [0, 0.1) is 0 Å². The quantitative estimate of drug-likeness (QED) is 0.280. The van der Waals surface area contributed by atoms with Crippen molar-refractivity contribution in [3.63, 3.8) is 0 Å². The topological polar surface area (TPSA) is 86.8 Å². The molecule has 0 radical (unpaired) electrons. The lowest BCUT2D eigenvalue weighted by atomic mass is 9.87. The molecular weight excluding hydrogens is 582 g/mol. The summed E-state index contributed by atoms with van der Waals surface area (Å²) in [6, 6.07) is 23.1. The third kappa shape index (κ3) is 9.07. The van der Waals surface area contributed by atoms with Crippen LogP contribution in [0.5, 0.6) is 0 Å². The first-order valence-electron chi connectivity index (χ1n) is 14.8. The number of sulfonamides is 1. The van der Waals surface area contributed by atoms with E-state index >= 15 is 0 Å². The lowest BCUT2D eigenvalue weighted by Gasteiger charge is -2.34. The van der Waals surface area contributed by atoms with Gasteiger partial charge in [0.2, 0.25) is 21.8 Å². The van der Waals surface area contributed by atoms with Crippen molar-refractivity contribution in [2.45, 2.75) is 76.9 Å². The van der Waals surface area contributed by atoms with Crippen LogP contribution in [0.15, 0.2) is 78.9 Å². The molecule has 2 amide bonds. The fourth-order valence-corrected chi connectivity index (χ4v) is 6.42. The molecule has 1 unspecified atom stereocenters. The molecule has 0 heterocycles. The van der Waals surface area contributed by atoms with Gasteiger partial charge in [-0.2, -0.15) is 0 Å². The molecule has 9 heteroatoms. The van der Waals surface area contributed by atoms with E-state index in [4.69, 9.17) is 11.6 Å². The van der Waals surface area contributed by atoms with Crippen LogP contribution >= 0.6 is 11.6 Å². The molecule has 3 aromatic carbocycles. The summed E-state index contributed by atoms with van der Waals surface area (Å²) in [5.41, 5.74) is 3.01. The highest BCUT2D eigenvalue weighted by atomic mass is 35.5. The summed E-state index contributed by atoms with van der Waals surface area (Å²) in [6.45, 7) is 5.92. The maximum atomic E-state index is 14.3. The molecule has 4 rings (SSSR count). The average Bonchev–Trinajstić information content (AvgIpc) is 3.47. The Hall–Kier alpha value is -3.36. The number of nitrogens with zero attached hydrogens (tertiary/aromatic N) is 2. The van der Waals surface area contributed by atoms with E-state index in [0.29, 0.717) is 10.7 Å². The van der Waals surface area contributed by atoms with E-state index in [2.05, 4.69) is 26.1 Å². The molecule has 7 nitrogen and oxygen atoms in total. The maximum absolute atomic E-state index is 14.3. The number of halogens is 1. The third-order valence-corrected chi connectivity index (χ3v) is 9.33. The number of rotatable bonds is 11. The highest BCUT2D eigenvalue weighted by molar-refractivity contribution is 7.92. The molecule has 3 aromatic rings. The van der Waals surface area contributed by atoms with Gasteiger partial charge in [-0.1, -0.05) is 99.8 Å². The lowest BCUT2D eigenvalue weighted by Crippen LogP contribution is -2.54. The first-order chi connectivity index (χ1) is 20.3. The van der Waals surface area contributed by atoms with Crippen LogP contribution < -0.4 is 9.62 Å². The van der Waals surface area contributed by atoms with Crippen LogP contribution in [-0.2, 0) is 38.0 Å². The minimum absolute atomic E-state index is 0.0621. The van der Waals surface area contributed by atoms with Gasteiger partial charge in [0, 0.05) is 24.0 Å². The molecular formula is C34H42ClN3O4S. The van der Waals surface area contributed by atoms with E-state index in [1.54, 1.807) is 24.3 Å². The molecule has 0 spiro atoms. The van der Waals surface area contributed by atoms with Gasteiger partial charge in [0.1, 0.15) is 12.6 Å². The molecule has 0 aromatic heterocycles. The van der Waals surface area contributed by atoms with Crippen molar-refractivity contribution in [3.8, 4) is 0 Å². The van der Waals surface area contributed by atoms with Gasteiger partial charge >= 0.3 is 0 Å². The van der Waals surface area contributed by atoms with E-state index in [9.17, 15) is 18.0 Å². The number of carbonyl (C=O) groups excluding carboxylic acids is 2. The molecule has 0 saturated heterocycles. The molecule has 1 atom stereocenters. The van der Waals surface area contributed by atoms with E-state index in [1.807, 2.05) is 54.6 Å². The van der Waals surface area contributed by atoms with Crippen LogP contribution in [-0.4, -0.2) is 50.0 Å². The smallest absolute Gasteiger partial charge is 0.244 e. The number of nitrogens with one attached hydrogen (secondary N) is 1. The van der Waals surface area contributed by atoms with E-state index in [0.717, 1.165) is 52.9 Å². The second-order valence-corrected chi connectivity index (χ2v) is 14.8. The summed E-state index contributed by atoms with van der Waals surface area (Å²) in [5, 5.41) is 3.74. The number of hydrogen-bond acceptors (Lipinski definition) is 4. The van der Waals surface area contributed by atoms with Gasteiger partial charge in [0.05, 0.1) is 11.9 Å². The predicted octanol–water partition coefficient (Wildman–Crippen LogP) is 6.10. The van der Waals surface area contributed by atoms with E-state index in [-0.39, 0.29) is 30.3 Å². The lowest BCUT2D eigenvalue weighted by molar-refractivity contribution is -0.140. The van der Waals surface area contributed by atoms with Crippen molar-refractivity contribution >= 4 is 39.1 Å². The highest BCUT2D eigenvalue weighted by Crippen LogP contribution is 2.27. The van der Waals surface area contributed by atoms with E-state index in [1.165, 1.54) is 4.90 Å². The molecule has 1 fully saturated rings. The zero-order valence-electron chi connectivity index (χ0n) is 25.4. The van der Waals surface area contributed by atoms with Crippen LogP contribution in [0.3, 0.4) is 0 Å². The van der Waals surface area contributed by atoms with Crippen molar-refractivity contribution < 1.29 is 18.0 Å². The molecule has 1 saturated carbocycles. The zero-order valence-corrected chi connectivity index (χ0v) is 27.0. The molecule has 0 bridgehead atoms. The number of amides is 2. The fraction of sp³-hybridized carbons (Fsp3) is 0.412. The van der Waals surface area contributed by atoms with Crippen LogP contribution in [0.25, 0.3) is 0 Å². The Bertz CT molecular complexity index is 1480. The first kappa shape index (κ1) is 32.6.